The lowest BCUT2D eigenvalue weighted by Crippen LogP contribution is -2.56. The number of carbonyl (C=O) groups is 2. The summed E-state index contributed by atoms with van der Waals surface area (Å²) in [6.07, 6.45) is 0. The number of ether oxygens (including phenoxy) is 1. The second-order valence-electron chi connectivity index (χ2n) is 6.26. The van der Waals surface area contributed by atoms with Crippen molar-refractivity contribution in [3.05, 3.63) is 48.5 Å². The Kier molecular flexibility index (Phi) is 4.84. The highest BCUT2D eigenvalue weighted by atomic mass is 16.5. The monoisotopic (exact) mass is 353 g/mol. The van der Waals surface area contributed by atoms with E-state index in [9.17, 15) is 9.59 Å². The minimum atomic E-state index is -1.63. The number of carbonyl (C=O) groups excluding carboxylic acids is 2. The number of benzene rings is 2. The first-order valence-corrected chi connectivity index (χ1v) is 8.74. The summed E-state index contributed by atoms with van der Waals surface area (Å²) in [5, 5.41) is 5.50. The van der Waals surface area contributed by atoms with Crippen LogP contribution < -0.4 is 20.3 Å². The second-order valence-corrected chi connectivity index (χ2v) is 6.26. The number of fused-ring (bicyclic) bond motifs is 1. The summed E-state index contributed by atoms with van der Waals surface area (Å²) in [5.41, 5.74) is 0.625. The molecule has 2 aromatic rings. The van der Waals surface area contributed by atoms with Crippen molar-refractivity contribution in [3.63, 3.8) is 0 Å². The number of rotatable bonds is 5. The Balaban J connectivity index is 1.76. The summed E-state index contributed by atoms with van der Waals surface area (Å²) >= 11 is 0. The molecule has 2 aromatic carbocycles. The molecular weight excluding hydrogens is 330 g/mol. The van der Waals surface area contributed by atoms with E-state index < -0.39 is 17.4 Å². The molecule has 0 radical (unpaired) electrons. The second kappa shape index (κ2) is 7.07. The molecular formula is C20H23N3O3. The van der Waals surface area contributed by atoms with Crippen LogP contribution in [0.3, 0.4) is 0 Å². The van der Waals surface area contributed by atoms with E-state index in [1.54, 1.807) is 24.3 Å². The third kappa shape index (κ3) is 3.22. The average Bonchev–Trinajstić information content (AvgIpc) is 2.65. The van der Waals surface area contributed by atoms with Crippen molar-refractivity contribution < 1.29 is 14.3 Å². The zero-order chi connectivity index (χ0) is 18.7. The van der Waals surface area contributed by atoms with E-state index in [4.69, 9.17) is 4.74 Å². The van der Waals surface area contributed by atoms with Gasteiger partial charge < -0.3 is 20.3 Å². The van der Waals surface area contributed by atoms with Gasteiger partial charge in [-0.25, -0.2) is 0 Å². The molecule has 1 aliphatic heterocycles. The van der Waals surface area contributed by atoms with Crippen LogP contribution in [0.15, 0.2) is 48.5 Å². The lowest BCUT2D eigenvalue weighted by molar-refractivity contribution is -0.143. The smallest absolute Gasteiger partial charge is 0.278 e. The fourth-order valence-electron chi connectivity index (χ4n) is 2.91. The van der Waals surface area contributed by atoms with Gasteiger partial charge in [0.1, 0.15) is 5.75 Å². The van der Waals surface area contributed by atoms with Gasteiger partial charge in [-0.3, -0.25) is 9.59 Å². The Labute approximate surface area is 153 Å². The van der Waals surface area contributed by atoms with Gasteiger partial charge in [0.2, 0.25) is 0 Å². The Morgan fingerprint density at radius 1 is 1.12 bits per heavy atom. The first-order valence-electron chi connectivity index (χ1n) is 8.74. The van der Waals surface area contributed by atoms with Crippen molar-refractivity contribution in [2.75, 3.05) is 28.6 Å². The highest BCUT2D eigenvalue weighted by Crippen LogP contribution is 2.33. The molecule has 2 N–H and O–H groups in total. The van der Waals surface area contributed by atoms with Crippen molar-refractivity contribution in [1.82, 2.24) is 0 Å². The molecule has 0 aliphatic carbocycles. The van der Waals surface area contributed by atoms with Gasteiger partial charge in [-0.2, -0.15) is 0 Å². The fourth-order valence-corrected chi connectivity index (χ4v) is 2.91. The first-order chi connectivity index (χ1) is 12.5. The lowest BCUT2D eigenvalue weighted by atomic mass is 10.0. The molecule has 6 heteroatoms. The topological polar surface area (TPSA) is 70.7 Å². The number of hydrogen-bond donors (Lipinski definition) is 2. The van der Waals surface area contributed by atoms with Crippen LogP contribution in [0.2, 0.25) is 0 Å². The van der Waals surface area contributed by atoms with E-state index in [0.29, 0.717) is 17.1 Å². The van der Waals surface area contributed by atoms with Crippen molar-refractivity contribution in [2.45, 2.75) is 26.4 Å². The Bertz CT molecular complexity index is 815. The van der Waals surface area contributed by atoms with Gasteiger partial charge in [0.25, 0.3) is 17.4 Å². The van der Waals surface area contributed by atoms with Gasteiger partial charge in [0.15, 0.2) is 0 Å². The van der Waals surface area contributed by atoms with Crippen molar-refractivity contribution in [2.24, 2.45) is 0 Å². The normalized spacial score (nSPS) is 18.3. The molecule has 3 rings (SSSR count). The maximum Gasteiger partial charge on any atom is 0.278 e. The molecule has 136 valence electrons. The predicted molar refractivity (Wildman–Crippen MR) is 103 cm³/mol. The molecule has 26 heavy (non-hydrogen) atoms. The molecule has 0 spiro atoms. The van der Waals surface area contributed by atoms with Gasteiger partial charge in [-0.05, 0) is 57.2 Å². The highest BCUT2D eigenvalue weighted by molar-refractivity contribution is 6.19. The largest absolute Gasteiger partial charge is 0.466 e. The molecule has 0 saturated heterocycles. The SMILES string of the molecule is CCN(CC)c1ccc(NC(=O)C2(C)Oc3ccccc3NC2=O)cc1. The molecule has 6 nitrogen and oxygen atoms in total. The number of amides is 2. The van der Waals surface area contributed by atoms with Gasteiger partial charge in [-0.1, -0.05) is 12.1 Å². The van der Waals surface area contributed by atoms with Crippen molar-refractivity contribution in [1.29, 1.82) is 0 Å². The lowest BCUT2D eigenvalue weighted by Gasteiger charge is -2.33. The van der Waals surface area contributed by atoms with Gasteiger partial charge in [0, 0.05) is 24.5 Å². The Hall–Kier alpha value is -3.02. The van der Waals surface area contributed by atoms with E-state index in [2.05, 4.69) is 29.4 Å². The maximum atomic E-state index is 12.7. The minimum absolute atomic E-state index is 0.474. The summed E-state index contributed by atoms with van der Waals surface area (Å²) in [5.74, 6) is -0.532. The third-order valence-corrected chi connectivity index (χ3v) is 4.57. The standard InChI is InChI=1S/C20H23N3O3/c1-4-23(5-2)15-12-10-14(11-13-15)21-18(24)20(3)19(25)22-16-8-6-7-9-17(16)26-20/h6-13H,4-5H2,1-3H3,(H,21,24)(H,22,25). The number of hydrogen-bond acceptors (Lipinski definition) is 4. The molecule has 0 aromatic heterocycles. The van der Waals surface area contributed by atoms with Gasteiger partial charge >= 0.3 is 0 Å². The van der Waals surface area contributed by atoms with E-state index in [-0.39, 0.29) is 0 Å². The van der Waals surface area contributed by atoms with Crippen LogP contribution in [0.1, 0.15) is 20.8 Å². The maximum absolute atomic E-state index is 12.7. The number of para-hydroxylation sites is 2. The predicted octanol–water partition coefficient (Wildman–Crippen LogP) is 3.26. The zero-order valence-corrected chi connectivity index (χ0v) is 15.2. The quantitative estimate of drug-likeness (QED) is 0.810. The molecule has 1 aliphatic rings. The third-order valence-electron chi connectivity index (χ3n) is 4.57. The zero-order valence-electron chi connectivity index (χ0n) is 15.2. The molecule has 1 atom stereocenters. The molecule has 0 bridgehead atoms. The van der Waals surface area contributed by atoms with Crippen LogP contribution in [0.25, 0.3) is 0 Å². The summed E-state index contributed by atoms with van der Waals surface area (Å²) < 4.78 is 5.73. The van der Waals surface area contributed by atoms with Crippen LogP contribution in [0.5, 0.6) is 5.75 Å². The van der Waals surface area contributed by atoms with Gasteiger partial charge in [0.05, 0.1) is 5.69 Å². The summed E-state index contributed by atoms with van der Waals surface area (Å²) in [7, 11) is 0. The van der Waals surface area contributed by atoms with Crippen LogP contribution >= 0.6 is 0 Å². The van der Waals surface area contributed by atoms with Gasteiger partial charge in [-0.15, -0.1) is 0 Å². The minimum Gasteiger partial charge on any atom is -0.466 e. The van der Waals surface area contributed by atoms with E-state index in [1.165, 1.54) is 6.92 Å². The average molecular weight is 353 g/mol. The summed E-state index contributed by atoms with van der Waals surface area (Å²) in [4.78, 5) is 27.4. The van der Waals surface area contributed by atoms with E-state index >= 15 is 0 Å². The van der Waals surface area contributed by atoms with Crippen LogP contribution in [-0.4, -0.2) is 30.5 Å². The Morgan fingerprint density at radius 2 is 1.77 bits per heavy atom. The van der Waals surface area contributed by atoms with Crippen molar-refractivity contribution >= 4 is 28.9 Å². The summed E-state index contributed by atoms with van der Waals surface area (Å²) in [6.45, 7) is 7.48. The molecule has 1 unspecified atom stereocenters. The van der Waals surface area contributed by atoms with Crippen molar-refractivity contribution in [3.8, 4) is 5.75 Å². The molecule has 0 fully saturated rings. The molecule has 0 saturated carbocycles. The summed E-state index contributed by atoms with van der Waals surface area (Å²) in [6, 6.07) is 14.6. The fraction of sp³-hybridized carbons (Fsp3) is 0.300. The number of nitrogens with one attached hydrogen (secondary N) is 2. The number of anilines is 3. The van der Waals surface area contributed by atoms with Crippen LogP contribution in [0.4, 0.5) is 17.1 Å². The highest BCUT2D eigenvalue weighted by Gasteiger charge is 2.47. The number of nitrogens with zero attached hydrogens (tertiary/aromatic N) is 1. The first kappa shape index (κ1) is 17.8. The Morgan fingerprint density at radius 3 is 2.42 bits per heavy atom. The molecule has 1 heterocycles. The van der Waals surface area contributed by atoms with E-state index in [0.717, 1.165) is 18.8 Å². The molecule has 2 amide bonds. The van der Waals surface area contributed by atoms with Crippen LogP contribution in [-0.2, 0) is 9.59 Å². The van der Waals surface area contributed by atoms with E-state index in [1.807, 2.05) is 24.3 Å². The van der Waals surface area contributed by atoms with Crippen LogP contribution in [0, 0.1) is 0 Å².